The first kappa shape index (κ1) is 15.5. The number of carboxylic acid groups (broad SMARTS) is 1. The van der Waals surface area contributed by atoms with Crippen LogP contribution in [0.1, 0.15) is 6.42 Å². The Bertz CT molecular complexity index is 328. The molecular weight excluding hydrogens is 267 g/mol. The molecular formula is C10H16F3N3O3. The van der Waals surface area contributed by atoms with Crippen LogP contribution in [0.4, 0.5) is 18.0 Å². The summed E-state index contributed by atoms with van der Waals surface area (Å²) >= 11 is 0. The summed E-state index contributed by atoms with van der Waals surface area (Å²) in [6.07, 6.45) is -3.99. The van der Waals surface area contributed by atoms with E-state index in [1.165, 1.54) is 4.90 Å². The predicted molar refractivity (Wildman–Crippen MR) is 59.7 cm³/mol. The maximum Gasteiger partial charge on any atom is 0.406 e. The van der Waals surface area contributed by atoms with Gasteiger partial charge < -0.3 is 20.2 Å². The Morgan fingerprint density at radius 2 is 1.95 bits per heavy atom. The van der Waals surface area contributed by atoms with E-state index in [0.29, 0.717) is 31.0 Å². The van der Waals surface area contributed by atoms with E-state index in [2.05, 4.69) is 5.32 Å². The van der Waals surface area contributed by atoms with Gasteiger partial charge in [0, 0.05) is 19.6 Å². The van der Waals surface area contributed by atoms with Gasteiger partial charge in [-0.1, -0.05) is 0 Å². The zero-order valence-corrected chi connectivity index (χ0v) is 10.2. The van der Waals surface area contributed by atoms with Crippen LogP contribution < -0.4 is 5.32 Å². The van der Waals surface area contributed by atoms with Crippen molar-refractivity contribution in [2.75, 3.05) is 39.3 Å². The van der Waals surface area contributed by atoms with Crippen LogP contribution in [-0.2, 0) is 4.79 Å². The second kappa shape index (κ2) is 6.60. The number of urea groups is 1. The van der Waals surface area contributed by atoms with Gasteiger partial charge in [0.15, 0.2) is 0 Å². The molecule has 1 aliphatic heterocycles. The minimum absolute atomic E-state index is 0.271. The zero-order valence-electron chi connectivity index (χ0n) is 10.2. The molecule has 19 heavy (non-hydrogen) atoms. The summed E-state index contributed by atoms with van der Waals surface area (Å²) < 4.78 is 37.0. The van der Waals surface area contributed by atoms with E-state index >= 15 is 0 Å². The Morgan fingerprint density at radius 3 is 2.53 bits per heavy atom. The third kappa shape index (κ3) is 5.77. The fraction of sp³-hybridized carbons (Fsp3) is 0.800. The molecule has 1 saturated heterocycles. The molecule has 0 aromatic rings. The third-order valence-corrected chi connectivity index (χ3v) is 2.58. The molecule has 0 bridgehead atoms. The first-order chi connectivity index (χ1) is 8.79. The van der Waals surface area contributed by atoms with Crippen molar-refractivity contribution in [2.45, 2.75) is 12.6 Å². The summed E-state index contributed by atoms with van der Waals surface area (Å²) in [4.78, 5) is 24.0. The van der Waals surface area contributed by atoms with E-state index in [1.54, 1.807) is 0 Å². The number of carbonyl (C=O) groups excluding carboxylic acids is 1. The number of carbonyl (C=O) groups is 2. The van der Waals surface area contributed by atoms with Crippen molar-refractivity contribution < 1.29 is 27.9 Å². The van der Waals surface area contributed by atoms with Crippen molar-refractivity contribution in [2.24, 2.45) is 0 Å². The molecule has 9 heteroatoms. The number of hydrogen-bond donors (Lipinski definition) is 2. The number of alkyl halides is 3. The maximum atomic E-state index is 12.3. The van der Waals surface area contributed by atoms with E-state index in [4.69, 9.17) is 5.11 Å². The maximum absolute atomic E-state index is 12.3. The number of halogens is 3. The van der Waals surface area contributed by atoms with Gasteiger partial charge in [0.2, 0.25) is 0 Å². The fourth-order valence-electron chi connectivity index (χ4n) is 1.81. The van der Waals surface area contributed by atoms with Gasteiger partial charge in [0.25, 0.3) is 0 Å². The topological polar surface area (TPSA) is 72.9 Å². The van der Waals surface area contributed by atoms with Crippen LogP contribution in [0, 0.1) is 0 Å². The molecule has 0 saturated carbocycles. The van der Waals surface area contributed by atoms with Crippen molar-refractivity contribution in [1.82, 2.24) is 15.1 Å². The van der Waals surface area contributed by atoms with E-state index in [9.17, 15) is 22.8 Å². The standard InChI is InChI=1S/C10H16F3N3O3/c11-10(12,13)7-16(6-8(17)18)9(19)15-4-1-2-14-3-5-15/h14H,1-7H2,(H,17,18). The van der Waals surface area contributed by atoms with Crippen molar-refractivity contribution in [3.63, 3.8) is 0 Å². The number of rotatable bonds is 3. The number of nitrogens with zero attached hydrogens (tertiary/aromatic N) is 2. The number of nitrogens with one attached hydrogen (secondary N) is 1. The molecule has 1 aliphatic rings. The van der Waals surface area contributed by atoms with Crippen LogP contribution in [0.5, 0.6) is 0 Å². The van der Waals surface area contributed by atoms with E-state index in [0.717, 1.165) is 0 Å². The molecule has 1 fully saturated rings. The summed E-state index contributed by atoms with van der Waals surface area (Å²) in [5, 5.41) is 11.6. The van der Waals surface area contributed by atoms with Crippen LogP contribution in [0.25, 0.3) is 0 Å². The minimum Gasteiger partial charge on any atom is -0.480 e. The highest BCUT2D eigenvalue weighted by Gasteiger charge is 2.35. The number of amides is 2. The van der Waals surface area contributed by atoms with Crippen LogP contribution >= 0.6 is 0 Å². The molecule has 0 radical (unpaired) electrons. The van der Waals surface area contributed by atoms with E-state index < -0.39 is 31.3 Å². The fourth-order valence-corrected chi connectivity index (χ4v) is 1.81. The lowest BCUT2D eigenvalue weighted by Gasteiger charge is -2.29. The highest BCUT2D eigenvalue weighted by Crippen LogP contribution is 2.17. The number of hydrogen-bond acceptors (Lipinski definition) is 3. The SMILES string of the molecule is O=C(O)CN(CC(F)(F)F)C(=O)N1CCCNCC1. The second-order valence-corrected chi connectivity index (χ2v) is 4.24. The number of aliphatic carboxylic acids is 1. The molecule has 6 nitrogen and oxygen atoms in total. The predicted octanol–water partition coefficient (Wildman–Crippen LogP) is 0.351. The highest BCUT2D eigenvalue weighted by atomic mass is 19.4. The van der Waals surface area contributed by atoms with Crippen molar-refractivity contribution in [3.8, 4) is 0 Å². The first-order valence-corrected chi connectivity index (χ1v) is 5.83. The van der Waals surface area contributed by atoms with Gasteiger partial charge in [-0.25, -0.2) is 4.79 Å². The summed E-state index contributed by atoms with van der Waals surface area (Å²) in [6, 6.07) is -0.886. The molecule has 0 aliphatic carbocycles. The van der Waals surface area contributed by atoms with Crippen LogP contribution in [0.3, 0.4) is 0 Å². The monoisotopic (exact) mass is 283 g/mol. The average molecular weight is 283 g/mol. The molecule has 0 spiro atoms. The molecule has 0 aromatic carbocycles. The Kier molecular flexibility index (Phi) is 5.40. The minimum atomic E-state index is -4.62. The lowest BCUT2D eigenvalue weighted by atomic mass is 10.4. The molecule has 0 atom stereocenters. The average Bonchev–Trinajstić information content (AvgIpc) is 2.53. The smallest absolute Gasteiger partial charge is 0.406 e. The Balaban J connectivity index is 2.71. The largest absolute Gasteiger partial charge is 0.480 e. The van der Waals surface area contributed by atoms with Crippen LogP contribution in [0.15, 0.2) is 0 Å². The Morgan fingerprint density at radius 1 is 1.26 bits per heavy atom. The Hall–Kier alpha value is -1.51. The zero-order chi connectivity index (χ0) is 14.5. The summed E-state index contributed by atoms with van der Waals surface area (Å²) in [5.74, 6) is -1.47. The summed E-state index contributed by atoms with van der Waals surface area (Å²) in [5.41, 5.74) is 0. The lowest BCUT2D eigenvalue weighted by Crippen LogP contribution is -2.49. The van der Waals surface area contributed by atoms with Gasteiger partial charge in [-0.05, 0) is 13.0 Å². The molecule has 2 amide bonds. The van der Waals surface area contributed by atoms with Crippen molar-refractivity contribution in [1.29, 1.82) is 0 Å². The van der Waals surface area contributed by atoms with Gasteiger partial charge >= 0.3 is 18.2 Å². The molecule has 2 N–H and O–H groups in total. The second-order valence-electron chi connectivity index (χ2n) is 4.24. The molecule has 110 valence electrons. The van der Waals surface area contributed by atoms with Gasteiger partial charge in [0.05, 0.1) is 0 Å². The molecule has 0 aromatic heterocycles. The van der Waals surface area contributed by atoms with Crippen LogP contribution in [0.2, 0.25) is 0 Å². The summed E-state index contributed by atoms with van der Waals surface area (Å²) in [6.45, 7) is -0.752. The quantitative estimate of drug-likeness (QED) is 0.784. The van der Waals surface area contributed by atoms with Crippen molar-refractivity contribution in [3.05, 3.63) is 0 Å². The normalized spacial score (nSPS) is 16.9. The van der Waals surface area contributed by atoms with Gasteiger partial charge in [-0.15, -0.1) is 0 Å². The molecule has 0 unspecified atom stereocenters. The van der Waals surface area contributed by atoms with Gasteiger partial charge in [-0.2, -0.15) is 13.2 Å². The number of carboxylic acids is 1. The van der Waals surface area contributed by atoms with E-state index in [-0.39, 0.29) is 6.54 Å². The Labute approximate surface area is 108 Å². The summed E-state index contributed by atoms with van der Waals surface area (Å²) in [7, 11) is 0. The first-order valence-electron chi connectivity index (χ1n) is 5.83. The lowest BCUT2D eigenvalue weighted by molar-refractivity contribution is -0.149. The van der Waals surface area contributed by atoms with Crippen molar-refractivity contribution >= 4 is 12.0 Å². The highest BCUT2D eigenvalue weighted by molar-refractivity contribution is 5.80. The molecule has 1 rings (SSSR count). The molecule has 1 heterocycles. The van der Waals surface area contributed by atoms with E-state index in [1.807, 2.05) is 0 Å². The van der Waals surface area contributed by atoms with Gasteiger partial charge in [-0.3, -0.25) is 4.79 Å². The van der Waals surface area contributed by atoms with Crippen LogP contribution in [-0.4, -0.2) is 72.4 Å². The van der Waals surface area contributed by atoms with Gasteiger partial charge in [0.1, 0.15) is 13.1 Å². The third-order valence-electron chi connectivity index (χ3n) is 2.58.